The van der Waals surface area contributed by atoms with Crippen LogP contribution in [0.5, 0.6) is 5.75 Å². The Balaban J connectivity index is 2.33. The summed E-state index contributed by atoms with van der Waals surface area (Å²) in [6.07, 6.45) is 2.25. The highest BCUT2D eigenvalue weighted by atomic mass is 16.5. The van der Waals surface area contributed by atoms with E-state index in [-0.39, 0.29) is 6.42 Å². The summed E-state index contributed by atoms with van der Waals surface area (Å²) >= 11 is 0. The van der Waals surface area contributed by atoms with Crippen LogP contribution in [0.25, 0.3) is 10.8 Å². The van der Waals surface area contributed by atoms with Crippen molar-refractivity contribution in [1.82, 2.24) is 5.43 Å². The van der Waals surface area contributed by atoms with E-state index in [0.717, 1.165) is 28.5 Å². The van der Waals surface area contributed by atoms with Crippen LogP contribution in [0.2, 0.25) is 0 Å². The highest BCUT2D eigenvalue weighted by Crippen LogP contribution is 2.26. The molecule has 2 aromatic rings. The van der Waals surface area contributed by atoms with Crippen molar-refractivity contribution in [3.05, 3.63) is 42.0 Å². The van der Waals surface area contributed by atoms with E-state index in [0.29, 0.717) is 6.61 Å². The lowest BCUT2D eigenvalue weighted by atomic mass is 10.0. The minimum Gasteiger partial charge on any atom is -0.493 e. The van der Waals surface area contributed by atoms with E-state index in [9.17, 15) is 4.79 Å². The quantitative estimate of drug-likeness (QED) is 0.657. The number of hydrazone groups is 1. The van der Waals surface area contributed by atoms with Crippen molar-refractivity contribution in [3.63, 3.8) is 0 Å². The molecule has 22 heavy (non-hydrogen) atoms. The van der Waals surface area contributed by atoms with Crippen molar-refractivity contribution in [2.45, 2.75) is 19.8 Å². The predicted octanol–water partition coefficient (Wildman–Crippen LogP) is 2.99. The average Bonchev–Trinajstić information content (AvgIpc) is 2.54. The minimum absolute atomic E-state index is 0.216. The number of nitriles is 1. The maximum Gasteiger partial charge on any atom is 0.254 e. The van der Waals surface area contributed by atoms with Gasteiger partial charge in [-0.1, -0.05) is 37.3 Å². The third-order valence-electron chi connectivity index (χ3n) is 3.01. The molecule has 0 aliphatic rings. The molecule has 0 saturated heterocycles. The smallest absolute Gasteiger partial charge is 0.254 e. The molecular weight excluding hydrogens is 278 g/mol. The maximum atomic E-state index is 11.3. The van der Waals surface area contributed by atoms with E-state index in [4.69, 9.17) is 10.00 Å². The number of rotatable bonds is 6. The Morgan fingerprint density at radius 2 is 2.18 bits per heavy atom. The van der Waals surface area contributed by atoms with E-state index < -0.39 is 5.91 Å². The number of hydrogen-bond donors (Lipinski definition) is 1. The summed E-state index contributed by atoms with van der Waals surface area (Å²) in [4.78, 5) is 11.3. The Hall–Kier alpha value is -2.87. The Kier molecular flexibility index (Phi) is 5.50. The lowest BCUT2D eigenvalue weighted by molar-refractivity contribution is -0.120. The van der Waals surface area contributed by atoms with Gasteiger partial charge >= 0.3 is 0 Å². The van der Waals surface area contributed by atoms with E-state index in [1.54, 1.807) is 12.3 Å². The zero-order chi connectivity index (χ0) is 15.8. The fourth-order valence-electron chi connectivity index (χ4n) is 2.03. The molecule has 0 aliphatic carbocycles. The molecule has 1 amide bonds. The van der Waals surface area contributed by atoms with Crippen molar-refractivity contribution < 1.29 is 9.53 Å². The Labute approximate surface area is 129 Å². The molecule has 0 aliphatic heterocycles. The SMILES string of the molecule is CCCOc1ccc2ccccc2c1/C=N\NC(=O)CC#N. The molecule has 0 aromatic heterocycles. The van der Waals surface area contributed by atoms with E-state index >= 15 is 0 Å². The van der Waals surface area contributed by atoms with E-state index in [2.05, 4.69) is 10.5 Å². The standard InChI is InChI=1S/C17H17N3O2/c1-2-11-22-16-8-7-13-5-3-4-6-14(13)15(16)12-19-20-17(21)9-10-18/h3-8,12H,2,9,11H2,1H3,(H,20,21)/b19-12-. The molecule has 5 nitrogen and oxygen atoms in total. The number of ether oxygens (including phenoxy) is 1. The molecule has 0 fully saturated rings. The van der Waals surface area contributed by atoms with Crippen LogP contribution in [-0.2, 0) is 4.79 Å². The van der Waals surface area contributed by atoms with Crippen LogP contribution >= 0.6 is 0 Å². The van der Waals surface area contributed by atoms with Gasteiger partial charge in [0.15, 0.2) is 0 Å². The number of carbonyl (C=O) groups is 1. The van der Waals surface area contributed by atoms with Crippen LogP contribution in [0.15, 0.2) is 41.5 Å². The molecule has 0 heterocycles. The van der Waals surface area contributed by atoms with Gasteiger partial charge in [-0.25, -0.2) is 5.43 Å². The van der Waals surface area contributed by atoms with Crippen LogP contribution in [0.3, 0.4) is 0 Å². The molecule has 0 radical (unpaired) electrons. The van der Waals surface area contributed by atoms with Crippen LogP contribution in [0, 0.1) is 11.3 Å². The van der Waals surface area contributed by atoms with Crippen LogP contribution < -0.4 is 10.2 Å². The molecule has 1 N–H and O–H groups in total. The number of amides is 1. The number of nitrogens with one attached hydrogen (secondary N) is 1. The summed E-state index contributed by atoms with van der Waals surface area (Å²) < 4.78 is 5.74. The molecule has 0 spiro atoms. The molecule has 0 atom stereocenters. The van der Waals surface area contributed by atoms with Gasteiger partial charge in [0.05, 0.1) is 18.9 Å². The topological polar surface area (TPSA) is 74.5 Å². The van der Waals surface area contributed by atoms with Crippen molar-refractivity contribution in [2.24, 2.45) is 5.10 Å². The monoisotopic (exact) mass is 295 g/mol. The molecular formula is C17H17N3O2. The normalized spacial score (nSPS) is 10.5. The van der Waals surface area contributed by atoms with Crippen LogP contribution in [0.1, 0.15) is 25.3 Å². The maximum absolute atomic E-state index is 11.3. The van der Waals surface area contributed by atoms with Gasteiger partial charge in [-0.2, -0.15) is 10.4 Å². The molecule has 5 heteroatoms. The first-order valence-electron chi connectivity index (χ1n) is 7.09. The second-order valence-electron chi connectivity index (χ2n) is 4.68. The highest BCUT2D eigenvalue weighted by Gasteiger charge is 2.07. The zero-order valence-corrected chi connectivity index (χ0v) is 12.4. The van der Waals surface area contributed by atoms with E-state index in [1.807, 2.05) is 43.3 Å². The van der Waals surface area contributed by atoms with Gasteiger partial charge in [0.2, 0.25) is 0 Å². The predicted molar refractivity (Wildman–Crippen MR) is 85.7 cm³/mol. The number of nitrogens with zero attached hydrogens (tertiary/aromatic N) is 2. The zero-order valence-electron chi connectivity index (χ0n) is 12.4. The van der Waals surface area contributed by atoms with Crippen molar-refractivity contribution >= 4 is 22.9 Å². The first-order valence-corrected chi connectivity index (χ1v) is 7.09. The second-order valence-corrected chi connectivity index (χ2v) is 4.68. The molecule has 0 saturated carbocycles. The van der Waals surface area contributed by atoms with Crippen LogP contribution in [0.4, 0.5) is 0 Å². The Morgan fingerprint density at radius 1 is 1.36 bits per heavy atom. The van der Waals surface area contributed by atoms with Gasteiger partial charge < -0.3 is 4.74 Å². The summed E-state index contributed by atoms with van der Waals surface area (Å²) in [5.74, 6) is 0.286. The molecule has 2 aromatic carbocycles. The first kappa shape index (κ1) is 15.5. The van der Waals surface area contributed by atoms with Crippen molar-refractivity contribution in [2.75, 3.05) is 6.61 Å². The second kappa shape index (κ2) is 7.79. The number of benzene rings is 2. The Morgan fingerprint density at radius 3 is 2.95 bits per heavy atom. The van der Waals surface area contributed by atoms with Crippen LogP contribution in [-0.4, -0.2) is 18.7 Å². The lowest BCUT2D eigenvalue weighted by Crippen LogP contribution is -2.16. The largest absolute Gasteiger partial charge is 0.493 e. The number of carbonyl (C=O) groups excluding carboxylic acids is 1. The van der Waals surface area contributed by atoms with Gasteiger partial charge in [-0.3, -0.25) is 4.79 Å². The fraction of sp³-hybridized carbons (Fsp3) is 0.235. The van der Waals surface area contributed by atoms with Gasteiger partial charge in [-0.15, -0.1) is 0 Å². The molecule has 0 unspecified atom stereocenters. The van der Waals surface area contributed by atoms with E-state index in [1.165, 1.54) is 0 Å². The summed E-state index contributed by atoms with van der Waals surface area (Å²) in [5, 5.41) is 14.4. The number of fused-ring (bicyclic) bond motifs is 1. The van der Waals surface area contributed by atoms with Gasteiger partial charge in [0.25, 0.3) is 5.91 Å². The summed E-state index contributed by atoms with van der Waals surface area (Å²) in [7, 11) is 0. The van der Waals surface area contributed by atoms with Gasteiger partial charge in [-0.05, 0) is 23.3 Å². The average molecular weight is 295 g/mol. The van der Waals surface area contributed by atoms with Crippen molar-refractivity contribution in [3.8, 4) is 11.8 Å². The minimum atomic E-state index is -0.435. The molecule has 0 bridgehead atoms. The summed E-state index contributed by atoms with van der Waals surface area (Å²) in [6, 6.07) is 13.6. The molecule has 2 rings (SSSR count). The Bertz CT molecular complexity index is 732. The number of hydrogen-bond acceptors (Lipinski definition) is 4. The van der Waals surface area contributed by atoms with Crippen molar-refractivity contribution in [1.29, 1.82) is 5.26 Å². The fourth-order valence-corrected chi connectivity index (χ4v) is 2.03. The first-order chi connectivity index (χ1) is 10.8. The molecule has 112 valence electrons. The third-order valence-corrected chi connectivity index (χ3v) is 3.01. The lowest BCUT2D eigenvalue weighted by Gasteiger charge is -2.10. The third kappa shape index (κ3) is 3.83. The summed E-state index contributed by atoms with van der Waals surface area (Å²) in [6.45, 7) is 2.65. The van der Waals surface area contributed by atoms with Gasteiger partial charge in [0.1, 0.15) is 12.2 Å². The highest BCUT2D eigenvalue weighted by molar-refractivity contribution is 6.02. The summed E-state index contributed by atoms with van der Waals surface area (Å²) in [5.41, 5.74) is 3.14. The van der Waals surface area contributed by atoms with Gasteiger partial charge in [0, 0.05) is 5.56 Å².